The van der Waals surface area contributed by atoms with Gasteiger partial charge in [-0.2, -0.15) is 0 Å². The average molecular weight is 991 g/mol. The van der Waals surface area contributed by atoms with Gasteiger partial charge in [0, 0.05) is 12.8 Å². The second-order valence-electron chi connectivity index (χ2n) is 19.5. The zero-order valence-electron chi connectivity index (χ0n) is 45.8. The number of hydrogen-bond acceptors (Lipinski definition) is 8. The van der Waals surface area contributed by atoms with E-state index in [0.717, 1.165) is 122 Å². The molecule has 0 bridgehead atoms. The van der Waals surface area contributed by atoms with Gasteiger partial charge in [0.2, 0.25) is 0 Å². The van der Waals surface area contributed by atoms with Crippen molar-refractivity contribution >= 4 is 17.9 Å². The van der Waals surface area contributed by atoms with Crippen LogP contribution < -0.4 is 5.11 Å². The molecule has 9 nitrogen and oxygen atoms in total. The molecule has 0 rings (SSSR count). The summed E-state index contributed by atoms with van der Waals surface area (Å²) in [6, 6.07) is 0. The normalized spacial score (nSPS) is 13.6. The standard InChI is InChI=1S/C62H103NO8/c1-6-8-10-12-14-16-18-19-20-21-22-23-24-25-26-27-28-29-30-31-32-33-34-35-36-37-38-39-40-41-43-45-47-49-51-53-60(65)71-58(57-70-62(61(66)67)68-55-54-63(3,4)5)56-69-59(64)52-50-48-46-44-42-17-15-13-11-9-7-2/h8,10,13-16,19-20,22-23,25-26,28-29,31-32,34-35,58,62H,6-7,9,11-12,17-18,21,24,27,30,33,36-57H2,1-5H3/b10-8-,15-13-,16-14-,20-19-,23-22-,26-25-,29-28-,32-31-,35-34-. The maximum Gasteiger partial charge on any atom is 0.306 e. The van der Waals surface area contributed by atoms with E-state index < -0.39 is 24.3 Å². The topological polar surface area (TPSA) is 111 Å². The molecule has 0 fully saturated rings. The first-order valence-corrected chi connectivity index (χ1v) is 28.0. The number of nitrogens with zero attached hydrogens (tertiary/aromatic N) is 1. The van der Waals surface area contributed by atoms with E-state index in [9.17, 15) is 19.5 Å². The van der Waals surface area contributed by atoms with Crippen LogP contribution in [0.25, 0.3) is 0 Å². The number of carboxylic acids is 1. The summed E-state index contributed by atoms with van der Waals surface area (Å²) in [5.41, 5.74) is 0. The third-order valence-electron chi connectivity index (χ3n) is 11.5. The van der Waals surface area contributed by atoms with Gasteiger partial charge < -0.3 is 33.3 Å². The van der Waals surface area contributed by atoms with Crippen molar-refractivity contribution in [3.63, 3.8) is 0 Å². The molecule has 0 saturated heterocycles. The Morgan fingerprint density at radius 1 is 0.437 bits per heavy atom. The van der Waals surface area contributed by atoms with Crippen molar-refractivity contribution in [3.8, 4) is 0 Å². The van der Waals surface area contributed by atoms with E-state index in [0.29, 0.717) is 17.4 Å². The number of likely N-dealkylation sites (N-methyl/N-ethyl adjacent to an activating group) is 1. The van der Waals surface area contributed by atoms with Crippen LogP contribution in [-0.4, -0.2) is 82.3 Å². The number of hydrogen-bond donors (Lipinski definition) is 0. The zero-order valence-corrected chi connectivity index (χ0v) is 45.8. The molecule has 2 atom stereocenters. The molecule has 0 spiro atoms. The van der Waals surface area contributed by atoms with Gasteiger partial charge in [-0.25, -0.2) is 0 Å². The molecule has 0 aliphatic carbocycles. The van der Waals surface area contributed by atoms with Gasteiger partial charge in [-0.1, -0.05) is 207 Å². The molecule has 0 aromatic rings. The number of quaternary nitrogens is 1. The lowest BCUT2D eigenvalue weighted by Crippen LogP contribution is -2.44. The lowest BCUT2D eigenvalue weighted by atomic mass is 10.0. The molecule has 0 radical (unpaired) electrons. The molecular weight excluding hydrogens is 887 g/mol. The first kappa shape index (κ1) is 67.0. The fraction of sp³-hybridized carbons (Fsp3) is 0.661. The van der Waals surface area contributed by atoms with Crippen LogP contribution in [0.2, 0.25) is 0 Å². The van der Waals surface area contributed by atoms with E-state index in [-0.39, 0.29) is 38.6 Å². The molecule has 404 valence electrons. The van der Waals surface area contributed by atoms with Crippen LogP contribution in [0.3, 0.4) is 0 Å². The second kappa shape index (κ2) is 52.3. The number of esters is 2. The molecule has 0 saturated carbocycles. The molecule has 2 unspecified atom stereocenters. The van der Waals surface area contributed by atoms with Crippen molar-refractivity contribution in [1.29, 1.82) is 0 Å². The van der Waals surface area contributed by atoms with Crippen molar-refractivity contribution in [2.24, 2.45) is 0 Å². The van der Waals surface area contributed by atoms with Gasteiger partial charge >= 0.3 is 11.9 Å². The molecule has 0 amide bonds. The number of carbonyl (C=O) groups is 3. The fourth-order valence-electron chi connectivity index (χ4n) is 7.18. The second-order valence-corrected chi connectivity index (χ2v) is 19.5. The number of unbranched alkanes of at least 4 members (excludes halogenated alkanes) is 17. The molecule has 0 heterocycles. The Morgan fingerprint density at radius 2 is 0.803 bits per heavy atom. The summed E-state index contributed by atoms with van der Waals surface area (Å²) in [5.74, 6) is -2.31. The first-order valence-electron chi connectivity index (χ1n) is 28.0. The SMILES string of the molecule is CC/C=C\C/C=C\C/C=C\C/C=C\C/C=C\C/C=C\C/C=C\C/C=C\CCCCCCCCCCCCC(=O)OC(COC(=O)CCCCCCC/C=C\CCCC)COC(OCC[N+](C)(C)C)C(=O)[O-]. The molecule has 9 heteroatoms. The van der Waals surface area contributed by atoms with Crippen LogP contribution in [0.4, 0.5) is 0 Å². The highest BCUT2D eigenvalue weighted by Crippen LogP contribution is 2.14. The lowest BCUT2D eigenvalue weighted by Gasteiger charge is -2.26. The molecule has 0 aromatic carbocycles. The monoisotopic (exact) mass is 990 g/mol. The molecular formula is C62H103NO8. The van der Waals surface area contributed by atoms with Crippen LogP contribution in [0, 0.1) is 0 Å². The zero-order chi connectivity index (χ0) is 52.0. The number of aliphatic carboxylic acids is 1. The average Bonchev–Trinajstić information content (AvgIpc) is 3.34. The smallest absolute Gasteiger partial charge is 0.306 e. The predicted octanol–water partition coefficient (Wildman–Crippen LogP) is 15.0. The highest BCUT2D eigenvalue weighted by Gasteiger charge is 2.22. The largest absolute Gasteiger partial charge is 0.545 e. The molecule has 0 N–H and O–H groups in total. The summed E-state index contributed by atoms with van der Waals surface area (Å²) < 4.78 is 22.6. The van der Waals surface area contributed by atoms with E-state index >= 15 is 0 Å². The number of allylic oxidation sites excluding steroid dienone is 18. The predicted molar refractivity (Wildman–Crippen MR) is 297 cm³/mol. The molecule has 0 aromatic heterocycles. The Morgan fingerprint density at radius 3 is 1.21 bits per heavy atom. The van der Waals surface area contributed by atoms with Gasteiger partial charge in [-0.05, 0) is 96.3 Å². The first-order chi connectivity index (χ1) is 34.6. The summed E-state index contributed by atoms with van der Waals surface area (Å²) >= 11 is 0. The summed E-state index contributed by atoms with van der Waals surface area (Å²) in [5, 5.41) is 11.7. The molecule has 0 aliphatic rings. The Bertz CT molecular complexity index is 1530. The van der Waals surface area contributed by atoms with Gasteiger partial charge in [0.25, 0.3) is 0 Å². The van der Waals surface area contributed by atoms with E-state index in [1.807, 2.05) is 21.1 Å². The minimum Gasteiger partial charge on any atom is -0.545 e. The van der Waals surface area contributed by atoms with E-state index in [2.05, 4.69) is 123 Å². The van der Waals surface area contributed by atoms with Gasteiger partial charge in [0.05, 0.1) is 40.3 Å². The van der Waals surface area contributed by atoms with E-state index in [1.54, 1.807) is 0 Å². The van der Waals surface area contributed by atoms with Crippen LogP contribution >= 0.6 is 0 Å². The van der Waals surface area contributed by atoms with E-state index in [4.69, 9.17) is 18.9 Å². The van der Waals surface area contributed by atoms with Gasteiger partial charge in [-0.3, -0.25) is 9.59 Å². The number of ether oxygens (including phenoxy) is 4. The maximum absolute atomic E-state index is 12.8. The maximum atomic E-state index is 12.8. The Labute approximate surface area is 434 Å². The molecule has 0 aliphatic heterocycles. The van der Waals surface area contributed by atoms with E-state index in [1.165, 1.54) is 51.4 Å². The van der Waals surface area contributed by atoms with Crippen LogP contribution in [0.15, 0.2) is 109 Å². The summed E-state index contributed by atoms with van der Waals surface area (Å²) in [6.45, 7) is 4.55. The summed E-state index contributed by atoms with van der Waals surface area (Å²) in [4.78, 5) is 37.1. The minimum absolute atomic E-state index is 0.141. The lowest BCUT2D eigenvalue weighted by molar-refractivity contribution is -0.870. The Balaban J connectivity index is 4.17. The van der Waals surface area contributed by atoms with Crippen LogP contribution in [-0.2, 0) is 33.3 Å². The van der Waals surface area contributed by atoms with Gasteiger partial charge in [-0.15, -0.1) is 0 Å². The third-order valence-corrected chi connectivity index (χ3v) is 11.5. The van der Waals surface area contributed by atoms with Crippen molar-refractivity contribution in [3.05, 3.63) is 109 Å². The number of carbonyl (C=O) groups excluding carboxylic acids is 3. The van der Waals surface area contributed by atoms with Crippen molar-refractivity contribution in [2.45, 2.75) is 219 Å². The van der Waals surface area contributed by atoms with Crippen molar-refractivity contribution in [1.82, 2.24) is 0 Å². The van der Waals surface area contributed by atoms with Crippen molar-refractivity contribution in [2.75, 3.05) is 47.5 Å². The van der Waals surface area contributed by atoms with Gasteiger partial charge in [0.15, 0.2) is 12.4 Å². The third kappa shape index (κ3) is 53.6. The highest BCUT2D eigenvalue weighted by molar-refractivity contribution is 5.70. The quantitative estimate of drug-likeness (QED) is 0.0195. The Kier molecular flexibility index (Phi) is 49.3. The van der Waals surface area contributed by atoms with Gasteiger partial charge in [0.1, 0.15) is 13.2 Å². The summed E-state index contributed by atoms with van der Waals surface area (Å²) in [6.07, 6.45) is 68.6. The minimum atomic E-state index is -1.63. The summed E-state index contributed by atoms with van der Waals surface area (Å²) in [7, 11) is 5.90. The Hall–Kier alpha value is -4.05. The van der Waals surface area contributed by atoms with Crippen LogP contribution in [0.1, 0.15) is 206 Å². The number of carboxylic acid groups (broad SMARTS) is 1. The van der Waals surface area contributed by atoms with Crippen molar-refractivity contribution < 1.29 is 42.9 Å². The molecule has 71 heavy (non-hydrogen) atoms. The van der Waals surface area contributed by atoms with Crippen LogP contribution in [0.5, 0.6) is 0 Å². The fourth-order valence-corrected chi connectivity index (χ4v) is 7.18. The highest BCUT2D eigenvalue weighted by atomic mass is 16.7. The number of rotatable bonds is 50.